The first-order chi connectivity index (χ1) is 16.5. The van der Waals surface area contributed by atoms with Gasteiger partial charge in [-0.1, -0.05) is 42.5 Å². The second-order valence-electron chi connectivity index (χ2n) is 8.83. The second kappa shape index (κ2) is 9.10. The molecule has 1 aliphatic rings. The number of amidine groups is 1. The fraction of sp³-hybridized carbons (Fsp3) is 0.240. The summed E-state index contributed by atoms with van der Waals surface area (Å²) in [5.41, 5.74) is 6.68. The summed E-state index contributed by atoms with van der Waals surface area (Å²) in [5.74, 6) is -1.00. The Morgan fingerprint density at radius 2 is 1.80 bits per heavy atom. The van der Waals surface area contributed by atoms with E-state index in [1.165, 1.54) is 12.3 Å². The molecule has 1 aliphatic heterocycles. The van der Waals surface area contributed by atoms with Gasteiger partial charge in [-0.2, -0.15) is 0 Å². The summed E-state index contributed by atoms with van der Waals surface area (Å²) in [7, 11) is -4.03. The second-order valence-corrected chi connectivity index (χ2v) is 10.5. The van der Waals surface area contributed by atoms with E-state index in [1.54, 1.807) is 75.5 Å². The lowest BCUT2D eigenvalue weighted by Crippen LogP contribution is -2.47. The summed E-state index contributed by atoms with van der Waals surface area (Å²) in [5, 5.41) is 1.79. The monoisotopic (exact) mass is 496 g/mol. The van der Waals surface area contributed by atoms with E-state index in [9.17, 15) is 17.6 Å². The number of primary amides is 1. The predicted molar refractivity (Wildman–Crippen MR) is 130 cm³/mol. The zero-order valence-corrected chi connectivity index (χ0v) is 20.2. The number of halogens is 1. The SMILES string of the molecule is C[C@H](NC1=NS(=O)(=O)[C@H](c2ccc(-c3cncc(C(N)=O)c3)cc2)C(C)(C)O1)c1ccccc1F. The minimum absolute atomic E-state index is 0.187. The molecule has 0 saturated heterocycles. The Morgan fingerprint density at radius 1 is 1.11 bits per heavy atom. The highest BCUT2D eigenvalue weighted by molar-refractivity contribution is 7.90. The van der Waals surface area contributed by atoms with Gasteiger partial charge in [0.15, 0.2) is 0 Å². The number of nitrogens with two attached hydrogens (primary N) is 1. The van der Waals surface area contributed by atoms with Crippen LogP contribution in [0.3, 0.4) is 0 Å². The normalized spacial score (nSPS) is 19.2. The van der Waals surface area contributed by atoms with Crippen LogP contribution in [0.1, 0.15) is 53.5 Å². The van der Waals surface area contributed by atoms with E-state index in [4.69, 9.17) is 10.5 Å². The quantitative estimate of drug-likeness (QED) is 0.553. The highest BCUT2D eigenvalue weighted by Crippen LogP contribution is 2.41. The molecule has 0 aliphatic carbocycles. The van der Waals surface area contributed by atoms with Gasteiger partial charge in [-0.15, -0.1) is 4.40 Å². The van der Waals surface area contributed by atoms with E-state index < -0.39 is 38.6 Å². The third kappa shape index (κ3) is 5.02. The van der Waals surface area contributed by atoms with Crippen LogP contribution in [0, 0.1) is 5.82 Å². The van der Waals surface area contributed by atoms with Gasteiger partial charge < -0.3 is 15.8 Å². The molecule has 4 rings (SSSR count). The molecule has 2 heterocycles. The zero-order chi connectivity index (χ0) is 25.4. The molecule has 3 aromatic rings. The lowest BCUT2D eigenvalue weighted by Gasteiger charge is -2.37. The number of nitrogens with zero attached hydrogens (tertiary/aromatic N) is 2. The summed E-state index contributed by atoms with van der Waals surface area (Å²) in [6.45, 7) is 5.01. The molecule has 0 radical (unpaired) electrons. The molecule has 2 atom stereocenters. The summed E-state index contributed by atoms with van der Waals surface area (Å²) >= 11 is 0. The molecule has 0 unspecified atom stereocenters. The fourth-order valence-electron chi connectivity index (χ4n) is 4.15. The lowest BCUT2D eigenvalue weighted by molar-refractivity contribution is 0.0768. The van der Waals surface area contributed by atoms with Crippen LogP contribution in [0.25, 0.3) is 11.1 Å². The molecule has 8 nitrogen and oxygen atoms in total. The number of carbonyl (C=O) groups is 1. The van der Waals surface area contributed by atoms with Crippen molar-refractivity contribution in [3.05, 3.63) is 89.5 Å². The van der Waals surface area contributed by atoms with E-state index >= 15 is 0 Å². The van der Waals surface area contributed by atoms with Gasteiger partial charge in [-0.05, 0) is 44.0 Å². The van der Waals surface area contributed by atoms with Gasteiger partial charge in [-0.25, -0.2) is 12.8 Å². The third-order valence-corrected chi connectivity index (χ3v) is 7.64. The van der Waals surface area contributed by atoms with Crippen molar-refractivity contribution in [1.29, 1.82) is 0 Å². The zero-order valence-electron chi connectivity index (χ0n) is 19.4. The van der Waals surface area contributed by atoms with Gasteiger partial charge in [-0.3, -0.25) is 9.78 Å². The van der Waals surface area contributed by atoms with Crippen molar-refractivity contribution < 1.29 is 22.3 Å². The van der Waals surface area contributed by atoms with E-state index in [2.05, 4.69) is 14.7 Å². The Balaban J connectivity index is 1.61. The Bertz CT molecular complexity index is 1400. The maximum atomic E-state index is 14.1. The summed E-state index contributed by atoms with van der Waals surface area (Å²) in [6.07, 6.45) is 2.97. The van der Waals surface area contributed by atoms with Crippen LogP contribution in [0.2, 0.25) is 0 Å². The number of hydrogen-bond donors (Lipinski definition) is 2. The van der Waals surface area contributed by atoms with Crippen molar-refractivity contribution in [3.8, 4) is 11.1 Å². The molecule has 2 aromatic carbocycles. The number of nitrogens with one attached hydrogen (secondary N) is 1. The highest BCUT2D eigenvalue weighted by Gasteiger charge is 2.47. The molecule has 3 N–H and O–H groups in total. The molecule has 35 heavy (non-hydrogen) atoms. The van der Waals surface area contributed by atoms with E-state index in [-0.39, 0.29) is 11.6 Å². The number of sulfonamides is 1. The average Bonchev–Trinajstić information content (AvgIpc) is 2.78. The molecule has 0 bridgehead atoms. The fourth-order valence-corrected chi connectivity index (χ4v) is 5.84. The molecule has 0 spiro atoms. The lowest BCUT2D eigenvalue weighted by atomic mass is 9.95. The van der Waals surface area contributed by atoms with Gasteiger partial charge in [0.05, 0.1) is 11.6 Å². The number of pyridine rings is 1. The molecular weight excluding hydrogens is 471 g/mol. The van der Waals surface area contributed by atoms with Crippen molar-refractivity contribution in [2.75, 3.05) is 0 Å². The van der Waals surface area contributed by atoms with E-state index in [0.717, 1.165) is 5.56 Å². The van der Waals surface area contributed by atoms with Crippen LogP contribution in [0.15, 0.2) is 71.4 Å². The Kier molecular flexibility index (Phi) is 6.33. The van der Waals surface area contributed by atoms with Crippen LogP contribution in [-0.2, 0) is 14.8 Å². The smallest absolute Gasteiger partial charge is 0.301 e. The standard InChI is InChI=1S/C25H25FN4O4S/c1-15(20-6-4-5-7-21(20)26)29-24-30-35(32,33)22(25(2,3)34-24)17-10-8-16(9-11-17)18-12-19(23(27)31)14-28-13-18/h4-15,22H,1-3H3,(H2,27,31)(H,29,30)/t15-,22+/m0/s1. The van der Waals surface area contributed by atoms with Gasteiger partial charge in [0, 0.05) is 23.5 Å². The Hall–Kier alpha value is -3.79. The van der Waals surface area contributed by atoms with Crippen molar-refractivity contribution in [2.24, 2.45) is 10.1 Å². The first-order valence-corrected chi connectivity index (χ1v) is 12.4. The van der Waals surface area contributed by atoms with Crippen LogP contribution < -0.4 is 11.1 Å². The van der Waals surface area contributed by atoms with Crippen molar-refractivity contribution in [2.45, 2.75) is 37.7 Å². The number of rotatable bonds is 5. The number of ether oxygens (including phenoxy) is 1. The summed E-state index contributed by atoms with van der Waals surface area (Å²) in [6, 6.07) is 13.9. The van der Waals surface area contributed by atoms with Gasteiger partial charge in [0.2, 0.25) is 5.91 Å². The highest BCUT2D eigenvalue weighted by atomic mass is 32.2. The minimum atomic E-state index is -4.03. The number of hydrogen-bond acceptors (Lipinski definition) is 6. The maximum Gasteiger partial charge on any atom is 0.301 e. The van der Waals surface area contributed by atoms with Crippen molar-refractivity contribution in [3.63, 3.8) is 0 Å². The summed E-state index contributed by atoms with van der Waals surface area (Å²) < 4.78 is 50.4. The number of aromatic nitrogens is 1. The topological polar surface area (TPSA) is 124 Å². The van der Waals surface area contributed by atoms with Crippen LogP contribution in [0.4, 0.5) is 4.39 Å². The first kappa shape index (κ1) is 24.3. The maximum absolute atomic E-state index is 14.1. The number of benzene rings is 2. The molecule has 1 amide bonds. The Labute approximate surface area is 203 Å². The minimum Gasteiger partial charge on any atom is -0.457 e. The molecule has 0 fully saturated rings. The number of amides is 1. The van der Waals surface area contributed by atoms with Gasteiger partial charge in [0.1, 0.15) is 16.7 Å². The van der Waals surface area contributed by atoms with Crippen LogP contribution >= 0.6 is 0 Å². The first-order valence-electron chi connectivity index (χ1n) is 10.9. The van der Waals surface area contributed by atoms with Gasteiger partial charge in [0.25, 0.3) is 10.0 Å². The largest absolute Gasteiger partial charge is 0.457 e. The van der Waals surface area contributed by atoms with Crippen LogP contribution in [-0.4, -0.2) is 30.9 Å². The van der Waals surface area contributed by atoms with Crippen molar-refractivity contribution in [1.82, 2.24) is 10.3 Å². The van der Waals surface area contributed by atoms with Gasteiger partial charge >= 0.3 is 6.02 Å². The average molecular weight is 497 g/mol. The van der Waals surface area contributed by atoms with E-state index in [1.807, 2.05) is 0 Å². The molecule has 1 aromatic heterocycles. The Morgan fingerprint density at radius 3 is 2.43 bits per heavy atom. The van der Waals surface area contributed by atoms with E-state index in [0.29, 0.717) is 16.7 Å². The number of carbonyl (C=O) groups excluding carboxylic acids is 1. The summed E-state index contributed by atoms with van der Waals surface area (Å²) in [4.78, 5) is 15.5. The van der Waals surface area contributed by atoms with Crippen LogP contribution in [0.5, 0.6) is 0 Å². The molecule has 182 valence electrons. The molecular formula is C25H25FN4O4S. The molecule has 0 saturated carbocycles. The molecule has 10 heteroatoms. The van der Waals surface area contributed by atoms with Crippen molar-refractivity contribution >= 4 is 22.0 Å². The third-order valence-electron chi connectivity index (χ3n) is 5.78. The predicted octanol–water partition coefficient (Wildman–Crippen LogP) is 3.87.